The molecule has 4 aromatic carbocycles. The quantitative estimate of drug-likeness (QED) is 0.124. The van der Waals surface area contributed by atoms with E-state index >= 15 is 0 Å². The standard InChI is InChI=1S/C18H14BrClO2S.C18H15ClO3S/c1-2-22-18(21)12-5-3-4-11(8-12)14-6-7-16(20)15-9-13(10-19)23-17(14)15;1-2-22-18(21)12-5-3-4-11(8-12)14-6-7-16(19)15-9-13(10-20)23-17(14)15/h3-9H,2,10H2,1H3;3-9,20H,2,10H2,1H3. The molecule has 0 fully saturated rings. The van der Waals surface area contributed by atoms with E-state index in [0.717, 1.165) is 57.7 Å². The summed E-state index contributed by atoms with van der Waals surface area (Å²) in [4.78, 5) is 25.9. The largest absolute Gasteiger partial charge is 0.462 e. The number of ether oxygens (including phenoxy) is 2. The summed E-state index contributed by atoms with van der Waals surface area (Å²) in [7, 11) is 0. The van der Waals surface area contributed by atoms with Crippen LogP contribution in [-0.2, 0) is 21.4 Å². The Bertz CT molecular complexity index is 1890. The summed E-state index contributed by atoms with van der Waals surface area (Å²) in [6, 6.07) is 26.5. The molecular formula is C36H29BrCl2O5S2. The lowest BCUT2D eigenvalue weighted by Crippen LogP contribution is -2.04. The fourth-order valence-electron chi connectivity index (χ4n) is 4.94. The molecule has 0 saturated heterocycles. The SMILES string of the molecule is CCOC(=O)c1cccc(-c2ccc(Cl)c3cc(CBr)sc23)c1.CCOC(=O)c1cccc(-c2ccc(Cl)c3cc(CO)sc23)c1. The lowest BCUT2D eigenvalue weighted by atomic mass is 10.0. The average Bonchev–Trinajstić information content (AvgIpc) is 3.72. The summed E-state index contributed by atoms with van der Waals surface area (Å²) < 4.78 is 12.3. The van der Waals surface area contributed by atoms with E-state index in [4.69, 9.17) is 32.7 Å². The summed E-state index contributed by atoms with van der Waals surface area (Å²) in [5.74, 6) is -0.631. The molecule has 1 N–H and O–H groups in total. The third-order valence-electron chi connectivity index (χ3n) is 7.02. The predicted molar refractivity (Wildman–Crippen MR) is 195 cm³/mol. The number of alkyl halides is 1. The van der Waals surface area contributed by atoms with Gasteiger partial charge in [-0.3, -0.25) is 0 Å². The van der Waals surface area contributed by atoms with E-state index in [9.17, 15) is 14.7 Å². The van der Waals surface area contributed by atoms with Gasteiger partial charge in [-0.05, 0) is 84.6 Å². The van der Waals surface area contributed by atoms with Crippen molar-refractivity contribution in [3.05, 3.63) is 116 Å². The van der Waals surface area contributed by atoms with E-state index in [2.05, 4.69) is 22.0 Å². The van der Waals surface area contributed by atoms with Gasteiger partial charge in [-0.15, -0.1) is 22.7 Å². The van der Waals surface area contributed by atoms with Crippen LogP contribution in [0.5, 0.6) is 0 Å². The fourth-order valence-corrected chi connectivity index (χ4v) is 8.13. The summed E-state index contributed by atoms with van der Waals surface area (Å²) in [5.41, 5.74) is 5.05. The molecular weight excluding hydrogens is 727 g/mol. The number of fused-ring (bicyclic) bond motifs is 2. The van der Waals surface area contributed by atoms with Gasteiger partial charge in [0, 0.05) is 45.3 Å². The van der Waals surface area contributed by atoms with Crippen molar-refractivity contribution in [2.24, 2.45) is 0 Å². The van der Waals surface area contributed by atoms with Gasteiger partial charge < -0.3 is 14.6 Å². The maximum Gasteiger partial charge on any atom is 0.338 e. The van der Waals surface area contributed by atoms with Gasteiger partial charge in [0.2, 0.25) is 0 Å². The third-order valence-corrected chi connectivity index (χ3v) is 11.0. The first-order valence-corrected chi connectivity index (χ1v) is 17.9. The number of aliphatic hydroxyl groups is 1. The molecule has 5 nitrogen and oxygen atoms in total. The van der Waals surface area contributed by atoms with Crippen molar-refractivity contribution < 1.29 is 24.2 Å². The molecule has 0 atom stereocenters. The van der Waals surface area contributed by atoms with Crippen molar-refractivity contribution in [1.29, 1.82) is 0 Å². The van der Waals surface area contributed by atoms with Crippen molar-refractivity contribution in [3.63, 3.8) is 0 Å². The molecule has 0 aliphatic rings. The molecule has 2 aromatic heterocycles. The van der Waals surface area contributed by atoms with Crippen molar-refractivity contribution in [2.75, 3.05) is 13.2 Å². The van der Waals surface area contributed by atoms with Crippen LogP contribution >= 0.6 is 61.8 Å². The van der Waals surface area contributed by atoms with E-state index in [1.54, 1.807) is 37.3 Å². The van der Waals surface area contributed by atoms with Crippen molar-refractivity contribution >= 4 is 93.9 Å². The topological polar surface area (TPSA) is 72.8 Å². The monoisotopic (exact) mass is 754 g/mol. The minimum atomic E-state index is -0.332. The molecule has 0 unspecified atom stereocenters. The maximum atomic E-state index is 11.9. The first-order valence-electron chi connectivity index (χ1n) is 14.4. The number of benzene rings is 4. The molecule has 10 heteroatoms. The highest BCUT2D eigenvalue weighted by Gasteiger charge is 2.15. The summed E-state index contributed by atoms with van der Waals surface area (Å²) in [5, 5.41) is 13.5. The number of hydrogen-bond donors (Lipinski definition) is 1. The molecule has 0 aliphatic heterocycles. The number of carbonyl (C=O) groups excluding carboxylic acids is 2. The Morgan fingerprint density at radius 1 is 0.696 bits per heavy atom. The molecule has 0 radical (unpaired) electrons. The van der Waals surface area contributed by atoms with Crippen molar-refractivity contribution in [1.82, 2.24) is 0 Å². The van der Waals surface area contributed by atoms with Crippen LogP contribution in [0.2, 0.25) is 10.0 Å². The second-order valence-electron chi connectivity index (χ2n) is 10.00. The number of aliphatic hydroxyl groups excluding tert-OH is 1. The number of thiophene rings is 2. The normalized spacial score (nSPS) is 10.9. The Balaban J connectivity index is 0.000000181. The van der Waals surface area contributed by atoms with E-state index in [0.29, 0.717) is 29.4 Å². The third kappa shape index (κ3) is 7.49. The smallest absolute Gasteiger partial charge is 0.338 e. The van der Waals surface area contributed by atoms with E-state index in [-0.39, 0.29) is 18.5 Å². The van der Waals surface area contributed by atoms with Crippen LogP contribution in [0.3, 0.4) is 0 Å². The highest BCUT2D eigenvalue weighted by atomic mass is 79.9. The van der Waals surface area contributed by atoms with Gasteiger partial charge >= 0.3 is 11.9 Å². The predicted octanol–water partition coefficient (Wildman–Crippen LogP) is 11.2. The second kappa shape index (κ2) is 15.6. The molecule has 6 aromatic rings. The minimum absolute atomic E-state index is 0.0159. The summed E-state index contributed by atoms with van der Waals surface area (Å²) >= 11 is 19.3. The van der Waals surface area contributed by atoms with Gasteiger partial charge in [0.25, 0.3) is 0 Å². The molecule has 0 bridgehead atoms. The number of hydrogen-bond acceptors (Lipinski definition) is 7. The van der Waals surface area contributed by atoms with Crippen LogP contribution in [0.4, 0.5) is 0 Å². The minimum Gasteiger partial charge on any atom is -0.462 e. The first kappa shape index (κ1) is 34.1. The fraction of sp³-hybridized carbons (Fsp3) is 0.167. The van der Waals surface area contributed by atoms with E-state index in [1.165, 1.54) is 16.2 Å². The van der Waals surface area contributed by atoms with Crippen molar-refractivity contribution in [2.45, 2.75) is 25.8 Å². The Morgan fingerprint density at radius 3 is 1.59 bits per heavy atom. The highest BCUT2D eigenvalue weighted by Crippen LogP contribution is 2.40. The van der Waals surface area contributed by atoms with Crippen LogP contribution in [0.15, 0.2) is 84.9 Å². The number of carbonyl (C=O) groups is 2. The molecule has 6 rings (SSSR count). The Kier molecular flexibility index (Phi) is 11.5. The maximum absolute atomic E-state index is 11.9. The van der Waals surface area contributed by atoms with Gasteiger partial charge in [0.15, 0.2) is 0 Å². The van der Waals surface area contributed by atoms with Gasteiger partial charge in [-0.1, -0.05) is 75.5 Å². The Morgan fingerprint density at radius 2 is 1.15 bits per heavy atom. The van der Waals surface area contributed by atoms with Gasteiger partial charge in [0.05, 0.1) is 30.9 Å². The summed E-state index contributed by atoms with van der Waals surface area (Å²) in [6.07, 6.45) is 0. The molecule has 0 spiro atoms. The molecule has 236 valence electrons. The zero-order valence-corrected chi connectivity index (χ0v) is 29.7. The van der Waals surface area contributed by atoms with Gasteiger partial charge in [-0.25, -0.2) is 9.59 Å². The molecule has 0 amide bonds. The number of esters is 2. The second-order valence-corrected chi connectivity index (χ2v) is 13.6. The average molecular weight is 757 g/mol. The zero-order chi connectivity index (χ0) is 32.8. The zero-order valence-electron chi connectivity index (χ0n) is 24.9. The van der Waals surface area contributed by atoms with Crippen LogP contribution in [0, 0.1) is 0 Å². The molecule has 0 aliphatic carbocycles. The van der Waals surface area contributed by atoms with Crippen molar-refractivity contribution in [3.8, 4) is 22.3 Å². The number of rotatable bonds is 8. The van der Waals surface area contributed by atoms with Crippen LogP contribution in [0.1, 0.15) is 44.3 Å². The molecule has 46 heavy (non-hydrogen) atoms. The summed E-state index contributed by atoms with van der Waals surface area (Å²) in [6.45, 7) is 4.29. The van der Waals surface area contributed by atoms with Crippen LogP contribution in [0.25, 0.3) is 42.4 Å². The van der Waals surface area contributed by atoms with E-state index in [1.807, 2.05) is 66.7 Å². The van der Waals surface area contributed by atoms with Crippen LogP contribution < -0.4 is 0 Å². The van der Waals surface area contributed by atoms with Gasteiger partial charge in [0.1, 0.15) is 0 Å². The van der Waals surface area contributed by atoms with E-state index < -0.39 is 0 Å². The van der Waals surface area contributed by atoms with Gasteiger partial charge in [-0.2, -0.15) is 0 Å². The lowest BCUT2D eigenvalue weighted by Gasteiger charge is -2.07. The van der Waals surface area contributed by atoms with Crippen LogP contribution in [-0.4, -0.2) is 30.3 Å². The Labute approximate surface area is 293 Å². The molecule has 2 heterocycles. The highest BCUT2D eigenvalue weighted by molar-refractivity contribution is 9.08. The lowest BCUT2D eigenvalue weighted by molar-refractivity contribution is 0.0517. The number of halogens is 3. The first-order chi connectivity index (χ1) is 22.3. The Hall–Kier alpha value is -3.24. The molecule has 0 saturated carbocycles.